The molecule has 0 bridgehead atoms. The number of amides is 5. The van der Waals surface area contributed by atoms with Crippen molar-refractivity contribution in [2.24, 2.45) is 5.73 Å². The number of aldehydes is 1. The van der Waals surface area contributed by atoms with Gasteiger partial charge in [0.1, 0.15) is 12.9 Å². The van der Waals surface area contributed by atoms with Gasteiger partial charge in [0, 0.05) is 36.8 Å². The van der Waals surface area contributed by atoms with E-state index < -0.39 is 30.0 Å². The lowest BCUT2D eigenvalue weighted by Gasteiger charge is -2.19. The molecule has 0 radical (unpaired) electrons. The van der Waals surface area contributed by atoms with Crippen LogP contribution in [-0.2, 0) is 14.3 Å². The maximum absolute atomic E-state index is 12.9. The maximum atomic E-state index is 12.9. The van der Waals surface area contributed by atoms with E-state index in [1.807, 2.05) is 36.4 Å². The number of hydrogen-bond acceptors (Lipinski definition) is 7. The summed E-state index contributed by atoms with van der Waals surface area (Å²) in [5, 5.41) is 13.5. The molecule has 12 heteroatoms. The molecule has 1 atom stereocenters. The third kappa shape index (κ3) is 8.88. The van der Waals surface area contributed by atoms with Crippen LogP contribution in [0.4, 0.5) is 15.3 Å². The first-order chi connectivity index (χ1) is 21.4. The second-order valence-electron chi connectivity index (χ2n) is 10.2. The van der Waals surface area contributed by atoms with Crippen molar-refractivity contribution < 1.29 is 28.7 Å². The van der Waals surface area contributed by atoms with Gasteiger partial charge < -0.3 is 37.1 Å². The Morgan fingerprint density at radius 1 is 0.818 bits per heavy atom. The van der Waals surface area contributed by atoms with Crippen LogP contribution < -0.4 is 32.3 Å². The van der Waals surface area contributed by atoms with Gasteiger partial charge in [-0.15, -0.1) is 0 Å². The van der Waals surface area contributed by atoms with Crippen molar-refractivity contribution in [1.29, 1.82) is 0 Å². The number of nitrogens with two attached hydrogens (primary N) is 1. The number of primary amides is 1. The lowest BCUT2D eigenvalue weighted by Crippen LogP contribution is -2.48. The number of urea groups is 1. The highest BCUT2D eigenvalue weighted by Gasteiger charge is 2.29. The number of fused-ring (bicyclic) bond motifs is 3. The summed E-state index contributed by atoms with van der Waals surface area (Å²) >= 11 is 0. The molecule has 5 amide bonds. The number of benzene rings is 3. The Labute approximate surface area is 255 Å². The molecule has 7 N–H and O–H groups in total. The van der Waals surface area contributed by atoms with Crippen LogP contribution in [0, 0.1) is 0 Å². The molecule has 230 valence electrons. The minimum atomic E-state index is -0.700. The SMILES string of the molecule is NC(=O)NCCCC(NCCNC(=O)OCC1c2ccccc2-c2ccccc21)C(=O)NCC(=O)Nc1ccc(C=O)cc1. The fourth-order valence-corrected chi connectivity index (χ4v) is 5.04. The van der Waals surface area contributed by atoms with E-state index in [2.05, 4.69) is 38.7 Å². The standard InChI is InChI=1S/C32H36N6O6/c33-31(42)35-15-5-10-28(30(41)37-18-29(40)38-22-13-11-21(19-39)12-14-22)34-16-17-36-32(43)44-20-27-25-8-3-1-6-23(25)24-7-2-4-9-26(24)27/h1-4,6-9,11-14,19,27-28,34H,5,10,15-18,20H2,(H,36,43)(H,37,41)(H,38,40)(H3,33,35,42). The van der Waals surface area contributed by atoms with E-state index in [0.717, 1.165) is 22.3 Å². The molecule has 44 heavy (non-hydrogen) atoms. The Morgan fingerprint density at radius 2 is 1.48 bits per heavy atom. The highest BCUT2D eigenvalue weighted by Crippen LogP contribution is 2.44. The first kappa shape index (κ1) is 31.7. The Hall–Kier alpha value is -5.23. The Kier molecular flexibility index (Phi) is 11.4. The molecule has 1 aliphatic carbocycles. The summed E-state index contributed by atoms with van der Waals surface area (Å²) in [5.74, 6) is -0.916. The van der Waals surface area contributed by atoms with Crippen LogP contribution in [0.5, 0.6) is 0 Å². The molecule has 4 rings (SSSR count). The number of ether oxygens (including phenoxy) is 1. The van der Waals surface area contributed by atoms with Crippen molar-refractivity contribution in [3.63, 3.8) is 0 Å². The zero-order valence-corrected chi connectivity index (χ0v) is 24.1. The van der Waals surface area contributed by atoms with Crippen LogP contribution in [0.15, 0.2) is 72.8 Å². The molecule has 1 unspecified atom stereocenters. The average molecular weight is 601 g/mol. The zero-order chi connectivity index (χ0) is 31.3. The fourth-order valence-electron chi connectivity index (χ4n) is 5.04. The second kappa shape index (κ2) is 15.8. The van der Waals surface area contributed by atoms with Gasteiger partial charge in [-0.2, -0.15) is 0 Å². The summed E-state index contributed by atoms with van der Waals surface area (Å²) in [6.07, 6.45) is 0.915. The molecule has 12 nitrogen and oxygen atoms in total. The van der Waals surface area contributed by atoms with E-state index in [4.69, 9.17) is 10.5 Å². The maximum Gasteiger partial charge on any atom is 0.407 e. The second-order valence-corrected chi connectivity index (χ2v) is 10.2. The van der Waals surface area contributed by atoms with E-state index >= 15 is 0 Å². The quantitative estimate of drug-likeness (QED) is 0.114. The highest BCUT2D eigenvalue weighted by molar-refractivity contribution is 5.95. The summed E-state index contributed by atoms with van der Waals surface area (Å²) in [5.41, 5.74) is 10.6. The third-order valence-corrected chi connectivity index (χ3v) is 7.17. The van der Waals surface area contributed by atoms with Crippen molar-refractivity contribution in [2.75, 3.05) is 38.1 Å². The molecule has 3 aromatic rings. The van der Waals surface area contributed by atoms with E-state index in [0.29, 0.717) is 30.4 Å². The van der Waals surface area contributed by atoms with Crippen molar-refractivity contribution in [2.45, 2.75) is 24.8 Å². The summed E-state index contributed by atoms with van der Waals surface area (Å²) in [6.45, 7) is 0.632. The first-order valence-electron chi connectivity index (χ1n) is 14.3. The molecule has 0 spiro atoms. The first-order valence-corrected chi connectivity index (χ1v) is 14.3. The van der Waals surface area contributed by atoms with E-state index in [-0.39, 0.29) is 38.7 Å². The number of hydrogen-bond donors (Lipinski definition) is 6. The Morgan fingerprint density at radius 3 is 2.11 bits per heavy atom. The van der Waals surface area contributed by atoms with Gasteiger partial charge in [-0.1, -0.05) is 48.5 Å². The number of carbonyl (C=O) groups excluding carboxylic acids is 5. The molecule has 0 saturated heterocycles. The number of alkyl carbamates (subject to hydrolysis) is 1. The van der Waals surface area contributed by atoms with Gasteiger partial charge in [-0.3, -0.25) is 14.4 Å². The zero-order valence-electron chi connectivity index (χ0n) is 24.1. The number of rotatable bonds is 15. The summed E-state index contributed by atoms with van der Waals surface area (Å²) in [7, 11) is 0. The van der Waals surface area contributed by atoms with Crippen LogP contribution in [0.3, 0.4) is 0 Å². The van der Waals surface area contributed by atoms with E-state index in [9.17, 15) is 24.0 Å². The predicted molar refractivity (Wildman–Crippen MR) is 165 cm³/mol. The largest absolute Gasteiger partial charge is 0.449 e. The van der Waals surface area contributed by atoms with Crippen molar-refractivity contribution >= 4 is 35.9 Å². The van der Waals surface area contributed by atoms with Gasteiger partial charge in [0.05, 0.1) is 12.6 Å². The molecule has 1 aliphatic rings. The Bertz CT molecular complexity index is 1430. The van der Waals surface area contributed by atoms with Gasteiger partial charge in [0.2, 0.25) is 11.8 Å². The van der Waals surface area contributed by atoms with Crippen LogP contribution in [0.1, 0.15) is 40.2 Å². The lowest BCUT2D eigenvalue weighted by atomic mass is 9.98. The van der Waals surface area contributed by atoms with Crippen LogP contribution >= 0.6 is 0 Å². The predicted octanol–water partition coefficient (Wildman–Crippen LogP) is 2.50. The van der Waals surface area contributed by atoms with Gasteiger partial charge in [0.25, 0.3) is 0 Å². The highest BCUT2D eigenvalue weighted by atomic mass is 16.5. The normalized spacial score (nSPS) is 12.3. The number of anilines is 1. The van der Waals surface area contributed by atoms with Gasteiger partial charge >= 0.3 is 12.1 Å². The fraction of sp³-hybridized carbons (Fsp3) is 0.281. The monoisotopic (exact) mass is 600 g/mol. The molecule has 0 aromatic heterocycles. The van der Waals surface area contributed by atoms with E-state index in [1.165, 1.54) is 0 Å². The minimum Gasteiger partial charge on any atom is -0.449 e. The summed E-state index contributed by atoms with van der Waals surface area (Å²) in [6, 6.07) is 21.1. The Balaban J connectivity index is 1.22. The smallest absolute Gasteiger partial charge is 0.407 e. The minimum absolute atomic E-state index is 0.0544. The summed E-state index contributed by atoms with van der Waals surface area (Å²) < 4.78 is 5.55. The molecular formula is C32H36N6O6. The van der Waals surface area contributed by atoms with Crippen molar-refractivity contribution in [3.05, 3.63) is 89.5 Å². The molecule has 3 aromatic carbocycles. The number of nitrogens with one attached hydrogen (secondary N) is 5. The number of carbonyl (C=O) groups is 5. The lowest BCUT2D eigenvalue weighted by molar-refractivity contribution is -0.125. The van der Waals surface area contributed by atoms with Gasteiger partial charge in [-0.05, 0) is 59.4 Å². The van der Waals surface area contributed by atoms with Crippen LogP contribution in [0.25, 0.3) is 11.1 Å². The topological polar surface area (TPSA) is 181 Å². The van der Waals surface area contributed by atoms with Crippen LogP contribution in [-0.4, -0.2) is 69.1 Å². The van der Waals surface area contributed by atoms with E-state index in [1.54, 1.807) is 24.3 Å². The third-order valence-electron chi connectivity index (χ3n) is 7.17. The summed E-state index contributed by atoms with van der Waals surface area (Å²) in [4.78, 5) is 59.5. The van der Waals surface area contributed by atoms with Crippen molar-refractivity contribution in [3.8, 4) is 11.1 Å². The molecular weight excluding hydrogens is 564 g/mol. The molecule has 0 aliphatic heterocycles. The van der Waals surface area contributed by atoms with Crippen LogP contribution in [0.2, 0.25) is 0 Å². The van der Waals surface area contributed by atoms with Gasteiger partial charge in [-0.25, -0.2) is 9.59 Å². The molecule has 0 heterocycles. The molecule has 0 saturated carbocycles. The van der Waals surface area contributed by atoms with Gasteiger partial charge in [0.15, 0.2) is 0 Å². The molecule has 0 fully saturated rings. The average Bonchev–Trinajstić information content (AvgIpc) is 3.35. The van der Waals surface area contributed by atoms with Crippen molar-refractivity contribution in [1.82, 2.24) is 21.3 Å².